The molecule has 0 saturated carbocycles. The van der Waals surface area contributed by atoms with Crippen molar-refractivity contribution in [3.05, 3.63) is 40.1 Å². The van der Waals surface area contributed by atoms with E-state index in [4.69, 9.17) is 4.74 Å². The molecule has 17 heavy (non-hydrogen) atoms. The first-order chi connectivity index (χ1) is 8.11. The minimum Gasteiger partial charge on any atom is -0.490 e. The Labute approximate surface area is 97.4 Å². The fraction of sp³-hybridized carbons (Fsp3) is 0.182. The summed E-state index contributed by atoms with van der Waals surface area (Å²) in [4.78, 5) is 10.4. The summed E-state index contributed by atoms with van der Waals surface area (Å²) in [7, 11) is 1.40. The largest absolute Gasteiger partial charge is 0.490 e. The van der Waals surface area contributed by atoms with Crippen LogP contribution in [0.25, 0.3) is 11.3 Å². The number of hydrogen-bond acceptors (Lipinski definition) is 4. The first-order valence-electron chi connectivity index (χ1n) is 4.96. The summed E-state index contributed by atoms with van der Waals surface area (Å²) in [5, 5.41) is 17.7. The van der Waals surface area contributed by atoms with Gasteiger partial charge in [0.05, 0.1) is 17.7 Å². The summed E-state index contributed by atoms with van der Waals surface area (Å²) in [5.74, 6) is 0.242. The van der Waals surface area contributed by atoms with E-state index in [1.807, 2.05) is 13.0 Å². The molecule has 1 aromatic carbocycles. The highest BCUT2D eigenvalue weighted by Crippen LogP contribution is 2.31. The molecule has 0 bridgehead atoms. The summed E-state index contributed by atoms with van der Waals surface area (Å²) < 4.78 is 4.93. The van der Waals surface area contributed by atoms with Gasteiger partial charge in [-0.05, 0) is 25.1 Å². The molecule has 0 aliphatic carbocycles. The second kappa shape index (κ2) is 4.25. The predicted octanol–water partition coefficient (Wildman–Crippen LogP) is 2.30. The van der Waals surface area contributed by atoms with E-state index in [2.05, 4.69) is 10.2 Å². The number of nitro benzene ring substituents is 1. The third-order valence-corrected chi connectivity index (χ3v) is 2.38. The van der Waals surface area contributed by atoms with Crippen molar-refractivity contribution in [3.63, 3.8) is 0 Å². The Hall–Kier alpha value is -2.37. The van der Waals surface area contributed by atoms with Gasteiger partial charge in [0, 0.05) is 17.3 Å². The molecule has 88 valence electrons. The number of aryl methyl sites for hydroxylation is 1. The van der Waals surface area contributed by atoms with Crippen LogP contribution in [0.2, 0.25) is 0 Å². The van der Waals surface area contributed by atoms with Gasteiger partial charge in [-0.15, -0.1) is 0 Å². The average Bonchev–Trinajstić information content (AvgIpc) is 2.75. The van der Waals surface area contributed by atoms with Gasteiger partial charge in [-0.3, -0.25) is 15.2 Å². The Bertz CT molecular complexity index is 563. The van der Waals surface area contributed by atoms with E-state index in [0.29, 0.717) is 11.3 Å². The smallest absolute Gasteiger partial charge is 0.311 e. The highest BCUT2D eigenvalue weighted by Gasteiger charge is 2.16. The van der Waals surface area contributed by atoms with Crippen LogP contribution in [0.3, 0.4) is 0 Å². The molecule has 0 fully saturated rings. The molecule has 0 spiro atoms. The number of nitro groups is 1. The van der Waals surface area contributed by atoms with Gasteiger partial charge in [-0.25, -0.2) is 0 Å². The fourth-order valence-electron chi connectivity index (χ4n) is 1.56. The van der Waals surface area contributed by atoms with Crippen molar-refractivity contribution in [1.29, 1.82) is 0 Å². The summed E-state index contributed by atoms with van der Waals surface area (Å²) in [6.07, 6.45) is 0. The maximum atomic E-state index is 10.9. The number of aromatic amines is 1. The molecular weight excluding hydrogens is 222 g/mol. The van der Waals surface area contributed by atoms with Gasteiger partial charge in [0.25, 0.3) is 0 Å². The van der Waals surface area contributed by atoms with E-state index in [0.717, 1.165) is 5.69 Å². The molecule has 0 atom stereocenters. The quantitative estimate of drug-likeness (QED) is 0.651. The van der Waals surface area contributed by atoms with Crippen LogP contribution in [0.15, 0.2) is 24.3 Å². The number of H-pyrrole nitrogens is 1. The zero-order valence-electron chi connectivity index (χ0n) is 9.43. The SMILES string of the molecule is COc1ccc(-c2cc(C)[nH]n2)cc1[N+](=O)[O-]. The van der Waals surface area contributed by atoms with Crippen LogP contribution >= 0.6 is 0 Å². The molecule has 1 heterocycles. The molecule has 6 nitrogen and oxygen atoms in total. The van der Waals surface area contributed by atoms with Crippen LogP contribution in [0.5, 0.6) is 5.75 Å². The Balaban J connectivity index is 2.50. The average molecular weight is 233 g/mol. The van der Waals surface area contributed by atoms with Crippen LogP contribution in [-0.2, 0) is 0 Å². The van der Waals surface area contributed by atoms with E-state index in [1.54, 1.807) is 12.1 Å². The molecule has 0 aliphatic heterocycles. The van der Waals surface area contributed by atoms with Crippen molar-refractivity contribution in [2.45, 2.75) is 6.92 Å². The number of hydrogen-bond donors (Lipinski definition) is 1. The van der Waals surface area contributed by atoms with E-state index in [9.17, 15) is 10.1 Å². The minimum absolute atomic E-state index is 0.0642. The van der Waals surface area contributed by atoms with Crippen molar-refractivity contribution in [3.8, 4) is 17.0 Å². The van der Waals surface area contributed by atoms with E-state index >= 15 is 0 Å². The molecule has 1 aromatic heterocycles. The van der Waals surface area contributed by atoms with Crippen LogP contribution in [0.1, 0.15) is 5.69 Å². The van der Waals surface area contributed by atoms with Gasteiger partial charge in [-0.2, -0.15) is 5.10 Å². The lowest BCUT2D eigenvalue weighted by atomic mass is 10.1. The van der Waals surface area contributed by atoms with Gasteiger partial charge >= 0.3 is 5.69 Å². The zero-order valence-corrected chi connectivity index (χ0v) is 9.43. The molecule has 1 N–H and O–H groups in total. The van der Waals surface area contributed by atoms with Crippen LogP contribution in [-0.4, -0.2) is 22.2 Å². The highest BCUT2D eigenvalue weighted by atomic mass is 16.6. The number of nitrogens with one attached hydrogen (secondary N) is 1. The lowest BCUT2D eigenvalue weighted by Crippen LogP contribution is -1.94. The van der Waals surface area contributed by atoms with Crippen molar-refractivity contribution in [1.82, 2.24) is 10.2 Å². The van der Waals surface area contributed by atoms with Gasteiger partial charge in [0.2, 0.25) is 0 Å². The normalized spacial score (nSPS) is 10.2. The predicted molar refractivity (Wildman–Crippen MR) is 62.0 cm³/mol. The molecule has 0 radical (unpaired) electrons. The summed E-state index contributed by atoms with van der Waals surface area (Å²) in [6.45, 7) is 1.87. The van der Waals surface area contributed by atoms with Crippen molar-refractivity contribution < 1.29 is 9.66 Å². The molecule has 0 unspecified atom stereocenters. The Morgan fingerprint density at radius 3 is 2.71 bits per heavy atom. The Kier molecular flexibility index (Phi) is 2.78. The Morgan fingerprint density at radius 2 is 2.18 bits per heavy atom. The van der Waals surface area contributed by atoms with Gasteiger partial charge < -0.3 is 4.74 Å². The van der Waals surface area contributed by atoms with Crippen LogP contribution < -0.4 is 4.74 Å². The lowest BCUT2D eigenvalue weighted by Gasteiger charge is -2.02. The summed E-state index contributed by atoms with van der Waals surface area (Å²) >= 11 is 0. The lowest BCUT2D eigenvalue weighted by molar-refractivity contribution is -0.385. The van der Waals surface area contributed by atoms with E-state index < -0.39 is 4.92 Å². The zero-order chi connectivity index (χ0) is 12.4. The number of ether oxygens (including phenoxy) is 1. The number of methoxy groups -OCH3 is 1. The number of nitrogens with zero attached hydrogens (tertiary/aromatic N) is 2. The number of benzene rings is 1. The first-order valence-corrected chi connectivity index (χ1v) is 4.96. The minimum atomic E-state index is -0.470. The molecule has 2 rings (SSSR count). The topological polar surface area (TPSA) is 81.0 Å². The van der Waals surface area contributed by atoms with Crippen molar-refractivity contribution in [2.75, 3.05) is 7.11 Å². The molecular formula is C11H11N3O3. The van der Waals surface area contributed by atoms with Crippen LogP contribution in [0.4, 0.5) is 5.69 Å². The maximum Gasteiger partial charge on any atom is 0.311 e. The highest BCUT2D eigenvalue weighted by molar-refractivity contribution is 5.66. The fourth-order valence-corrected chi connectivity index (χ4v) is 1.56. The summed E-state index contributed by atoms with van der Waals surface area (Å²) in [6, 6.07) is 6.58. The Morgan fingerprint density at radius 1 is 1.41 bits per heavy atom. The number of rotatable bonds is 3. The molecule has 2 aromatic rings. The van der Waals surface area contributed by atoms with Gasteiger partial charge in [0.15, 0.2) is 5.75 Å². The monoisotopic (exact) mass is 233 g/mol. The third-order valence-electron chi connectivity index (χ3n) is 2.38. The van der Waals surface area contributed by atoms with Crippen molar-refractivity contribution in [2.24, 2.45) is 0 Å². The maximum absolute atomic E-state index is 10.9. The second-order valence-corrected chi connectivity index (χ2v) is 3.58. The molecule has 0 amide bonds. The van der Waals surface area contributed by atoms with Crippen molar-refractivity contribution >= 4 is 5.69 Å². The number of aromatic nitrogens is 2. The second-order valence-electron chi connectivity index (χ2n) is 3.58. The van der Waals surface area contributed by atoms with Crippen LogP contribution in [0, 0.1) is 17.0 Å². The molecule has 0 saturated heterocycles. The van der Waals surface area contributed by atoms with Gasteiger partial charge in [-0.1, -0.05) is 0 Å². The summed E-state index contributed by atoms with van der Waals surface area (Å²) in [5.41, 5.74) is 2.19. The van der Waals surface area contributed by atoms with E-state index in [1.165, 1.54) is 13.2 Å². The molecule has 6 heteroatoms. The van der Waals surface area contributed by atoms with Gasteiger partial charge in [0.1, 0.15) is 0 Å². The first kappa shape index (κ1) is 11.1. The molecule has 0 aliphatic rings. The van der Waals surface area contributed by atoms with E-state index in [-0.39, 0.29) is 11.4 Å². The third kappa shape index (κ3) is 2.10. The standard InChI is InChI=1S/C11H11N3O3/c1-7-5-9(13-12-7)8-3-4-11(17-2)10(6-8)14(15)16/h3-6H,1-2H3,(H,12,13).